The Hall–Kier alpha value is -1.36. The zero-order valence-corrected chi connectivity index (χ0v) is 13.2. The third-order valence-corrected chi connectivity index (χ3v) is 5.31. The van der Waals surface area contributed by atoms with Crippen LogP contribution in [0.4, 0.5) is 5.69 Å². The quantitative estimate of drug-likeness (QED) is 0.863. The summed E-state index contributed by atoms with van der Waals surface area (Å²) < 4.78 is 0.753. The molecule has 1 aromatic carbocycles. The molecule has 3 atom stereocenters. The molecule has 2 fully saturated rings. The number of benzene rings is 1. The van der Waals surface area contributed by atoms with Crippen LogP contribution in [-0.2, 0) is 4.79 Å². The largest absolute Gasteiger partial charge is 0.478 e. The van der Waals surface area contributed by atoms with Crippen LogP contribution in [0.1, 0.15) is 42.5 Å². The van der Waals surface area contributed by atoms with Gasteiger partial charge in [0.05, 0.1) is 11.3 Å². The summed E-state index contributed by atoms with van der Waals surface area (Å²) in [5, 5.41) is 11.9. The van der Waals surface area contributed by atoms with Crippen molar-refractivity contribution in [1.82, 2.24) is 0 Å². The van der Waals surface area contributed by atoms with E-state index in [1.54, 1.807) is 12.1 Å². The minimum absolute atomic E-state index is 0.0758. The normalized spacial score (nSPS) is 26.8. The van der Waals surface area contributed by atoms with Crippen molar-refractivity contribution in [3.63, 3.8) is 0 Å². The van der Waals surface area contributed by atoms with Crippen LogP contribution in [0.2, 0.25) is 0 Å². The van der Waals surface area contributed by atoms with Crippen LogP contribution in [-0.4, -0.2) is 17.0 Å². The summed E-state index contributed by atoms with van der Waals surface area (Å²) in [6.07, 6.45) is 5.50. The molecule has 0 spiro atoms. The first-order valence-electron chi connectivity index (χ1n) is 7.35. The van der Waals surface area contributed by atoms with Gasteiger partial charge in [0.15, 0.2) is 0 Å². The molecular weight excluding hydrogens is 334 g/mol. The van der Waals surface area contributed by atoms with Crippen LogP contribution in [0.5, 0.6) is 0 Å². The molecule has 0 heterocycles. The maximum atomic E-state index is 12.2. The molecule has 0 radical (unpaired) electrons. The Morgan fingerprint density at radius 3 is 2.71 bits per heavy atom. The fraction of sp³-hybridized carbons (Fsp3) is 0.500. The van der Waals surface area contributed by atoms with Gasteiger partial charge in [0.25, 0.3) is 0 Å². The van der Waals surface area contributed by atoms with Crippen molar-refractivity contribution in [2.24, 2.45) is 17.8 Å². The van der Waals surface area contributed by atoms with Gasteiger partial charge in [-0.3, -0.25) is 4.79 Å². The lowest BCUT2D eigenvalue weighted by Crippen LogP contribution is -2.21. The van der Waals surface area contributed by atoms with Crippen molar-refractivity contribution in [2.75, 3.05) is 5.32 Å². The van der Waals surface area contributed by atoms with Crippen LogP contribution in [0.25, 0.3) is 0 Å². The number of carbonyl (C=O) groups is 2. The fourth-order valence-electron chi connectivity index (χ4n) is 3.87. The van der Waals surface area contributed by atoms with E-state index in [0.717, 1.165) is 16.8 Å². The first-order chi connectivity index (χ1) is 10.0. The molecule has 2 aliphatic rings. The van der Waals surface area contributed by atoms with Gasteiger partial charge >= 0.3 is 5.97 Å². The molecular formula is C16H18BrNO3. The number of amides is 1. The number of carbonyl (C=O) groups excluding carboxylic acids is 1. The van der Waals surface area contributed by atoms with E-state index in [2.05, 4.69) is 21.2 Å². The van der Waals surface area contributed by atoms with E-state index in [0.29, 0.717) is 23.9 Å². The predicted octanol–water partition coefficient (Wildman–Crippen LogP) is 3.91. The molecule has 1 aromatic rings. The Bertz CT molecular complexity index is 587. The number of hydrogen-bond acceptors (Lipinski definition) is 2. The van der Waals surface area contributed by atoms with E-state index in [4.69, 9.17) is 0 Å². The summed E-state index contributed by atoms with van der Waals surface area (Å²) in [6.45, 7) is 0. The molecule has 21 heavy (non-hydrogen) atoms. The lowest BCUT2D eigenvalue weighted by atomic mass is 9.86. The average Bonchev–Trinajstić information content (AvgIpc) is 3.00. The number of aromatic carboxylic acids is 1. The third kappa shape index (κ3) is 3.12. The van der Waals surface area contributed by atoms with Crippen LogP contribution >= 0.6 is 15.9 Å². The zero-order valence-electron chi connectivity index (χ0n) is 11.6. The summed E-state index contributed by atoms with van der Waals surface area (Å²) >= 11 is 3.31. The molecule has 1 amide bonds. The van der Waals surface area contributed by atoms with Crippen molar-refractivity contribution in [2.45, 2.75) is 32.1 Å². The van der Waals surface area contributed by atoms with Gasteiger partial charge in [-0.15, -0.1) is 0 Å². The fourth-order valence-corrected chi connectivity index (χ4v) is 4.23. The van der Waals surface area contributed by atoms with E-state index in [9.17, 15) is 14.7 Å². The van der Waals surface area contributed by atoms with E-state index in [-0.39, 0.29) is 11.5 Å². The Balaban J connectivity index is 1.67. The lowest BCUT2D eigenvalue weighted by molar-refractivity contribution is -0.117. The maximum Gasteiger partial charge on any atom is 0.337 e. The molecule has 0 aliphatic heterocycles. The van der Waals surface area contributed by atoms with Gasteiger partial charge in [-0.05, 0) is 55.2 Å². The van der Waals surface area contributed by atoms with Gasteiger partial charge in [-0.25, -0.2) is 4.79 Å². The number of hydrogen-bond donors (Lipinski definition) is 2. The number of anilines is 1. The number of carboxylic acids is 1. The van der Waals surface area contributed by atoms with Gasteiger partial charge < -0.3 is 10.4 Å². The van der Waals surface area contributed by atoms with Gasteiger partial charge in [0.2, 0.25) is 5.91 Å². The third-order valence-electron chi connectivity index (χ3n) is 4.82. The highest BCUT2D eigenvalue weighted by atomic mass is 79.9. The SMILES string of the molecule is O=C(CC1CC2CCC1C2)Nc1cc(Br)ccc1C(=O)O. The van der Waals surface area contributed by atoms with Gasteiger partial charge in [-0.1, -0.05) is 22.4 Å². The van der Waals surface area contributed by atoms with Crippen molar-refractivity contribution in [3.05, 3.63) is 28.2 Å². The number of rotatable bonds is 4. The minimum atomic E-state index is -1.03. The van der Waals surface area contributed by atoms with Crippen LogP contribution in [0.3, 0.4) is 0 Å². The molecule has 5 heteroatoms. The highest BCUT2D eigenvalue weighted by Crippen LogP contribution is 2.49. The number of halogens is 1. The number of carboxylic acid groups (broad SMARTS) is 1. The van der Waals surface area contributed by atoms with Gasteiger partial charge in [0.1, 0.15) is 0 Å². The number of fused-ring (bicyclic) bond motifs is 2. The highest BCUT2D eigenvalue weighted by molar-refractivity contribution is 9.10. The molecule has 3 unspecified atom stereocenters. The highest BCUT2D eigenvalue weighted by Gasteiger charge is 2.40. The first-order valence-corrected chi connectivity index (χ1v) is 8.15. The Labute approximate surface area is 132 Å². The lowest BCUT2D eigenvalue weighted by Gasteiger charge is -2.21. The van der Waals surface area contributed by atoms with Gasteiger partial charge in [0, 0.05) is 10.9 Å². The Morgan fingerprint density at radius 2 is 2.10 bits per heavy atom. The molecule has 3 rings (SSSR count). The van der Waals surface area contributed by atoms with E-state index in [1.165, 1.54) is 25.3 Å². The standard InChI is InChI=1S/C16H18BrNO3/c17-12-3-4-13(16(20)21)14(8-12)18-15(19)7-11-6-9-1-2-10(11)5-9/h3-4,8-11H,1-2,5-7H2,(H,18,19)(H,20,21). The minimum Gasteiger partial charge on any atom is -0.478 e. The molecule has 0 saturated heterocycles. The summed E-state index contributed by atoms with van der Waals surface area (Å²) in [4.78, 5) is 23.4. The molecule has 2 N–H and O–H groups in total. The maximum absolute atomic E-state index is 12.2. The van der Waals surface area contributed by atoms with Crippen molar-refractivity contribution >= 4 is 33.5 Å². The predicted molar refractivity (Wildman–Crippen MR) is 83.3 cm³/mol. The summed E-state index contributed by atoms with van der Waals surface area (Å²) in [5.74, 6) is 0.880. The smallest absolute Gasteiger partial charge is 0.337 e. The second-order valence-corrected chi connectivity index (χ2v) is 7.10. The van der Waals surface area contributed by atoms with Crippen molar-refractivity contribution < 1.29 is 14.7 Å². The summed E-state index contributed by atoms with van der Waals surface area (Å²) in [5.41, 5.74) is 0.490. The van der Waals surface area contributed by atoms with Gasteiger partial charge in [-0.2, -0.15) is 0 Å². The Morgan fingerprint density at radius 1 is 1.29 bits per heavy atom. The molecule has 2 saturated carbocycles. The number of nitrogens with one attached hydrogen (secondary N) is 1. The monoisotopic (exact) mass is 351 g/mol. The zero-order chi connectivity index (χ0) is 15.0. The summed E-state index contributed by atoms with van der Waals surface area (Å²) in [6, 6.07) is 4.80. The van der Waals surface area contributed by atoms with Crippen LogP contribution in [0, 0.1) is 17.8 Å². The molecule has 4 nitrogen and oxygen atoms in total. The Kier molecular flexibility index (Phi) is 4.02. The van der Waals surface area contributed by atoms with E-state index in [1.807, 2.05) is 0 Å². The second kappa shape index (κ2) is 5.79. The second-order valence-electron chi connectivity index (χ2n) is 6.18. The van der Waals surface area contributed by atoms with Crippen molar-refractivity contribution in [3.8, 4) is 0 Å². The molecule has 2 aliphatic carbocycles. The first kappa shape index (κ1) is 14.6. The molecule has 2 bridgehead atoms. The summed E-state index contributed by atoms with van der Waals surface area (Å²) in [7, 11) is 0. The topological polar surface area (TPSA) is 66.4 Å². The molecule has 0 aromatic heterocycles. The van der Waals surface area contributed by atoms with Crippen LogP contribution in [0.15, 0.2) is 22.7 Å². The van der Waals surface area contributed by atoms with Crippen molar-refractivity contribution in [1.29, 1.82) is 0 Å². The molecule has 112 valence electrons. The van der Waals surface area contributed by atoms with E-state index >= 15 is 0 Å². The average molecular weight is 352 g/mol. The van der Waals surface area contributed by atoms with E-state index < -0.39 is 5.97 Å². The van der Waals surface area contributed by atoms with Crippen LogP contribution < -0.4 is 5.32 Å².